The molecule has 0 saturated heterocycles. The molecule has 1 aromatic rings. The van der Waals surface area contributed by atoms with Crippen LogP contribution in [0.15, 0.2) is 16.6 Å². The molecule has 0 aromatic heterocycles. The van der Waals surface area contributed by atoms with Gasteiger partial charge < -0.3 is 15.8 Å². The highest BCUT2D eigenvalue weighted by atomic mass is 79.9. The molecule has 1 aromatic carbocycles. The normalized spacial score (nSPS) is 21.9. The zero-order chi connectivity index (χ0) is 15.4. The molecule has 116 valence electrons. The summed E-state index contributed by atoms with van der Waals surface area (Å²) in [4.78, 5) is 12.4. The van der Waals surface area contributed by atoms with E-state index in [2.05, 4.69) is 21.2 Å². The van der Waals surface area contributed by atoms with Gasteiger partial charge in [-0.25, -0.2) is 0 Å². The van der Waals surface area contributed by atoms with Gasteiger partial charge in [0.05, 0.1) is 16.8 Å². The van der Waals surface area contributed by atoms with Crippen LogP contribution in [-0.4, -0.2) is 18.6 Å². The van der Waals surface area contributed by atoms with Crippen molar-refractivity contribution in [1.29, 1.82) is 0 Å². The lowest BCUT2D eigenvalue weighted by Gasteiger charge is -2.25. The molecule has 0 radical (unpaired) electrons. The van der Waals surface area contributed by atoms with Crippen molar-refractivity contribution >= 4 is 39.1 Å². The number of carbonyl (C=O) groups is 1. The molecule has 0 spiro atoms. The number of nitrogens with one attached hydrogen (secondary N) is 1. The number of hydrogen-bond donors (Lipinski definition) is 2. The van der Waals surface area contributed by atoms with Gasteiger partial charge in [0, 0.05) is 17.0 Å². The van der Waals surface area contributed by atoms with E-state index in [1.165, 1.54) is 0 Å². The molecule has 0 bridgehead atoms. The van der Waals surface area contributed by atoms with Crippen LogP contribution in [0, 0.1) is 5.92 Å². The molecule has 1 aliphatic carbocycles. The van der Waals surface area contributed by atoms with Gasteiger partial charge in [0.15, 0.2) is 5.75 Å². The molecule has 1 aliphatic rings. The van der Waals surface area contributed by atoms with Crippen molar-refractivity contribution < 1.29 is 9.53 Å². The molecule has 1 saturated carbocycles. The third-order valence-electron chi connectivity index (χ3n) is 3.70. The molecule has 2 rings (SSSR count). The van der Waals surface area contributed by atoms with Crippen molar-refractivity contribution in [3.63, 3.8) is 0 Å². The highest BCUT2D eigenvalue weighted by Crippen LogP contribution is 2.37. The van der Waals surface area contributed by atoms with Gasteiger partial charge in [-0.15, -0.1) is 0 Å². The summed E-state index contributed by atoms with van der Waals surface area (Å²) in [5.41, 5.74) is 6.49. The fourth-order valence-electron chi connectivity index (χ4n) is 2.56. The predicted molar refractivity (Wildman–Crippen MR) is 88.9 cm³/mol. The lowest BCUT2D eigenvalue weighted by molar-refractivity contribution is -0.120. The second-order valence-corrected chi connectivity index (χ2v) is 6.59. The number of anilines is 1. The first-order valence-electron chi connectivity index (χ1n) is 7.19. The number of ether oxygens (including phenoxy) is 1. The van der Waals surface area contributed by atoms with Gasteiger partial charge in [-0.2, -0.15) is 0 Å². The first-order valence-corrected chi connectivity index (χ1v) is 8.36. The summed E-state index contributed by atoms with van der Waals surface area (Å²) in [5, 5.41) is 3.49. The average Bonchev–Trinajstić information content (AvgIpc) is 2.43. The van der Waals surface area contributed by atoms with Crippen LogP contribution in [0.3, 0.4) is 0 Å². The van der Waals surface area contributed by atoms with Gasteiger partial charge in [-0.3, -0.25) is 4.79 Å². The predicted octanol–water partition coefficient (Wildman–Crippen LogP) is 3.96. The van der Waals surface area contributed by atoms with Gasteiger partial charge in [0.25, 0.3) is 0 Å². The smallest absolute Gasteiger partial charge is 0.227 e. The standard InChI is InChI=1S/C15H20BrClN2O2/c1-2-21-14-12(16)7-10(17)8-13(14)19-15(20)9-3-5-11(18)6-4-9/h7-9,11H,2-6,18H2,1H3,(H,19,20). The van der Waals surface area contributed by atoms with Crippen molar-refractivity contribution in [1.82, 2.24) is 0 Å². The molecule has 0 aliphatic heterocycles. The van der Waals surface area contributed by atoms with E-state index in [1.807, 2.05) is 6.92 Å². The molecule has 0 atom stereocenters. The summed E-state index contributed by atoms with van der Waals surface area (Å²) >= 11 is 9.47. The highest BCUT2D eigenvalue weighted by Gasteiger charge is 2.25. The third-order valence-corrected chi connectivity index (χ3v) is 4.50. The Morgan fingerprint density at radius 3 is 2.71 bits per heavy atom. The first kappa shape index (κ1) is 16.6. The van der Waals surface area contributed by atoms with Gasteiger partial charge in [0.1, 0.15) is 0 Å². The first-order chi connectivity index (χ1) is 10.0. The minimum Gasteiger partial charge on any atom is -0.491 e. The van der Waals surface area contributed by atoms with Crippen LogP contribution < -0.4 is 15.8 Å². The molecular formula is C15H20BrClN2O2. The number of rotatable bonds is 4. The fourth-order valence-corrected chi connectivity index (χ4v) is 3.49. The van der Waals surface area contributed by atoms with E-state index in [4.69, 9.17) is 22.1 Å². The van der Waals surface area contributed by atoms with Crippen LogP contribution in [0.4, 0.5) is 5.69 Å². The molecule has 4 nitrogen and oxygen atoms in total. The van der Waals surface area contributed by atoms with Crippen molar-refractivity contribution in [2.45, 2.75) is 38.6 Å². The lowest BCUT2D eigenvalue weighted by atomic mass is 9.86. The quantitative estimate of drug-likeness (QED) is 0.837. The van der Waals surface area contributed by atoms with Gasteiger partial charge in [-0.1, -0.05) is 11.6 Å². The summed E-state index contributed by atoms with van der Waals surface area (Å²) in [6.45, 7) is 2.41. The molecule has 6 heteroatoms. The summed E-state index contributed by atoms with van der Waals surface area (Å²) in [7, 11) is 0. The largest absolute Gasteiger partial charge is 0.491 e. The van der Waals surface area contributed by atoms with Gasteiger partial charge >= 0.3 is 0 Å². The van der Waals surface area contributed by atoms with E-state index in [-0.39, 0.29) is 17.9 Å². The Bertz CT molecular complexity index is 517. The van der Waals surface area contributed by atoms with Crippen LogP contribution in [0.5, 0.6) is 5.75 Å². The monoisotopic (exact) mass is 374 g/mol. The van der Waals surface area contributed by atoms with E-state index < -0.39 is 0 Å². The Kier molecular flexibility index (Phi) is 5.90. The lowest BCUT2D eigenvalue weighted by Crippen LogP contribution is -2.32. The van der Waals surface area contributed by atoms with Crippen molar-refractivity contribution in [3.8, 4) is 5.75 Å². The number of benzene rings is 1. The second kappa shape index (κ2) is 7.47. The maximum atomic E-state index is 12.4. The van der Waals surface area contributed by atoms with Crippen molar-refractivity contribution in [3.05, 3.63) is 21.6 Å². The number of carbonyl (C=O) groups excluding carboxylic acids is 1. The number of hydrogen-bond acceptors (Lipinski definition) is 3. The van der Waals surface area contributed by atoms with E-state index in [0.29, 0.717) is 23.1 Å². The van der Waals surface area contributed by atoms with Crippen molar-refractivity contribution in [2.24, 2.45) is 11.7 Å². The zero-order valence-corrected chi connectivity index (χ0v) is 14.3. The van der Waals surface area contributed by atoms with Crippen LogP contribution in [-0.2, 0) is 4.79 Å². The molecule has 21 heavy (non-hydrogen) atoms. The average molecular weight is 376 g/mol. The molecular weight excluding hydrogens is 356 g/mol. The van der Waals surface area contributed by atoms with Crippen LogP contribution in [0.2, 0.25) is 5.02 Å². The summed E-state index contributed by atoms with van der Waals surface area (Å²) in [5.74, 6) is 0.636. The SMILES string of the molecule is CCOc1c(Br)cc(Cl)cc1NC(=O)C1CCC(N)CC1. The summed E-state index contributed by atoms with van der Waals surface area (Å²) in [6, 6.07) is 3.69. The minimum atomic E-state index is 0.0111. The van der Waals surface area contributed by atoms with Gasteiger partial charge in [0.2, 0.25) is 5.91 Å². The van der Waals surface area contributed by atoms with E-state index >= 15 is 0 Å². The van der Waals surface area contributed by atoms with Gasteiger partial charge in [-0.05, 0) is 60.7 Å². The summed E-state index contributed by atoms with van der Waals surface area (Å²) in [6.07, 6.45) is 3.46. The molecule has 1 fully saturated rings. The maximum Gasteiger partial charge on any atom is 0.227 e. The number of nitrogens with two attached hydrogens (primary N) is 1. The Balaban J connectivity index is 2.12. The molecule has 0 heterocycles. The Hall–Kier alpha value is -0.780. The number of halogens is 2. The minimum absolute atomic E-state index is 0.0111. The van der Waals surface area contributed by atoms with Crippen LogP contribution >= 0.6 is 27.5 Å². The molecule has 0 unspecified atom stereocenters. The van der Waals surface area contributed by atoms with E-state index in [1.54, 1.807) is 12.1 Å². The summed E-state index contributed by atoms with van der Waals surface area (Å²) < 4.78 is 6.32. The second-order valence-electron chi connectivity index (χ2n) is 5.30. The third kappa shape index (κ3) is 4.34. The van der Waals surface area contributed by atoms with Crippen LogP contribution in [0.25, 0.3) is 0 Å². The molecule has 3 N–H and O–H groups in total. The topological polar surface area (TPSA) is 64.3 Å². The molecule has 1 amide bonds. The van der Waals surface area contributed by atoms with E-state index in [0.717, 1.165) is 30.2 Å². The van der Waals surface area contributed by atoms with Crippen molar-refractivity contribution in [2.75, 3.05) is 11.9 Å². The number of amides is 1. The zero-order valence-electron chi connectivity index (χ0n) is 12.0. The fraction of sp³-hybridized carbons (Fsp3) is 0.533. The Labute approximate surface area is 138 Å². The van der Waals surface area contributed by atoms with Crippen LogP contribution in [0.1, 0.15) is 32.6 Å². The maximum absolute atomic E-state index is 12.4. The Morgan fingerprint density at radius 1 is 1.43 bits per heavy atom. The Morgan fingerprint density at radius 2 is 2.10 bits per heavy atom. The van der Waals surface area contributed by atoms with E-state index in [9.17, 15) is 4.79 Å². The highest BCUT2D eigenvalue weighted by molar-refractivity contribution is 9.10.